The molecule has 0 amide bonds. The fourth-order valence-electron chi connectivity index (χ4n) is 1.58. The highest BCUT2D eigenvalue weighted by molar-refractivity contribution is 9.10. The number of ketones is 1. The van der Waals surface area contributed by atoms with Gasteiger partial charge in [0.05, 0.1) is 14.9 Å². The Kier molecular flexibility index (Phi) is 3.28. The lowest BCUT2D eigenvalue weighted by Crippen LogP contribution is -2.19. The van der Waals surface area contributed by atoms with E-state index in [1.165, 1.54) is 12.1 Å². The van der Waals surface area contributed by atoms with Gasteiger partial charge < -0.3 is 4.42 Å². The van der Waals surface area contributed by atoms with E-state index < -0.39 is 11.2 Å². The van der Waals surface area contributed by atoms with Gasteiger partial charge in [0.1, 0.15) is 0 Å². The van der Waals surface area contributed by atoms with Crippen LogP contribution >= 0.6 is 27.5 Å². The maximum absolute atomic E-state index is 13.8. The van der Waals surface area contributed by atoms with Gasteiger partial charge in [0.25, 0.3) is 0 Å². The summed E-state index contributed by atoms with van der Waals surface area (Å²) in [7, 11) is 0. The first kappa shape index (κ1) is 13.6. The number of carbonyl (C=O) groups excluding carboxylic acids is 1. The van der Waals surface area contributed by atoms with Gasteiger partial charge in [-0.1, -0.05) is 32.4 Å². The molecule has 2 rings (SSSR count). The summed E-state index contributed by atoms with van der Waals surface area (Å²) in [4.78, 5) is 12.1. The number of rotatable bonds is 1. The van der Waals surface area contributed by atoms with Crippen molar-refractivity contribution in [3.05, 3.63) is 33.2 Å². The molecule has 0 N–H and O–H groups in total. The Morgan fingerprint density at radius 1 is 1.39 bits per heavy atom. The predicted molar refractivity (Wildman–Crippen MR) is 72.7 cm³/mol. The fraction of sp³-hybridized carbons (Fsp3) is 0.308. The zero-order chi connectivity index (χ0) is 13.7. The monoisotopic (exact) mass is 332 g/mol. The number of carbonyl (C=O) groups is 1. The molecule has 0 unspecified atom stereocenters. The number of hydrogen-bond acceptors (Lipinski definition) is 2. The lowest BCUT2D eigenvalue weighted by atomic mass is 9.89. The molecule has 0 bridgehead atoms. The second-order valence-electron chi connectivity index (χ2n) is 5.09. The molecule has 1 aromatic heterocycles. The van der Waals surface area contributed by atoms with E-state index >= 15 is 0 Å². The molecule has 0 saturated heterocycles. The summed E-state index contributed by atoms with van der Waals surface area (Å²) in [6.45, 7) is 5.34. The van der Waals surface area contributed by atoms with Crippen LogP contribution in [0, 0.1) is 11.2 Å². The van der Waals surface area contributed by atoms with Gasteiger partial charge in [-0.05, 0) is 28.1 Å². The van der Waals surface area contributed by atoms with Crippen molar-refractivity contribution >= 4 is 44.3 Å². The molecular weight excluding hydrogens is 322 g/mol. The summed E-state index contributed by atoms with van der Waals surface area (Å²) in [6, 6.07) is 2.81. The molecule has 18 heavy (non-hydrogen) atoms. The molecule has 2 nitrogen and oxygen atoms in total. The van der Waals surface area contributed by atoms with Crippen LogP contribution < -0.4 is 0 Å². The van der Waals surface area contributed by atoms with Crippen molar-refractivity contribution in [1.82, 2.24) is 0 Å². The molecule has 0 atom stereocenters. The van der Waals surface area contributed by atoms with Gasteiger partial charge in [-0.2, -0.15) is 0 Å². The number of Topliss-reactive ketones (excluding diaryl/α,β-unsaturated/α-hetero) is 1. The summed E-state index contributed by atoms with van der Waals surface area (Å²) < 4.78 is 19.8. The van der Waals surface area contributed by atoms with E-state index in [0.29, 0.717) is 10.1 Å². The Balaban J connectivity index is 2.68. The molecule has 0 aliphatic heterocycles. The molecule has 0 spiro atoms. The number of furan rings is 1. The quantitative estimate of drug-likeness (QED) is 0.529. The van der Waals surface area contributed by atoms with Gasteiger partial charge in [0.2, 0.25) is 5.78 Å². The molecule has 0 aliphatic rings. The maximum Gasteiger partial charge on any atom is 0.203 e. The van der Waals surface area contributed by atoms with Crippen molar-refractivity contribution < 1.29 is 13.6 Å². The van der Waals surface area contributed by atoms with Gasteiger partial charge in [-0.15, -0.1) is 0 Å². The second kappa shape index (κ2) is 4.35. The zero-order valence-electron chi connectivity index (χ0n) is 10.1. The van der Waals surface area contributed by atoms with Crippen LogP contribution in [0.3, 0.4) is 0 Å². The van der Waals surface area contributed by atoms with Crippen molar-refractivity contribution in [2.75, 3.05) is 0 Å². The normalized spacial score (nSPS) is 12.1. The van der Waals surface area contributed by atoms with Crippen LogP contribution in [-0.4, -0.2) is 5.78 Å². The third-order valence-electron chi connectivity index (χ3n) is 2.55. The van der Waals surface area contributed by atoms with E-state index in [1.54, 1.807) is 20.8 Å². The Morgan fingerprint density at radius 3 is 2.56 bits per heavy atom. The summed E-state index contributed by atoms with van der Waals surface area (Å²) in [5.74, 6) is -0.618. The molecule has 2 aromatic rings. The highest BCUT2D eigenvalue weighted by atomic mass is 79.9. The highest BCUT2D eigenvalue weighted by Crippen LogP contribution is 2.35. The van der Waals surface area contributed by atoms with E-state index in [9.17, 15) is 9.18 Å². The zero-order valence-corrected chi connectivity index (χ0v) is 12.4. The minimum Gasteiger partial charge on any atom is -0.452 e. The summed E-state index contributed by atoms with van der Waals surface area (Å²) in [5, 5.41) is 0.201. The standard InChI is InChI=1S/C13H11BrClFO2/c1-13(2,3)12(17)9-4-6-10(16)8(15)5-7(14)11(6)18-9/h4-5H,1-3H3. The molecule has 0 fully saturated rings. The van der Waals surface area contributed by atoms with Crippen molar-refractivity contribution in [3.8, 4) is 0 Å². The first-order valence-electron chi connectivity index (χ1n) is 5.33. The molecule has 5 heteroatoms. The van der Waals surface area contributed by atoms with E-state index in [-0.39, 0.29) is 22.0 Å². The Labute approximate surface area is 117 Å². The lowest BCUT2D eigenvalue weighted by molar-refractivity contribution is 0.0831. The highest BCUT2D eigenvalue weighted by Gasteiger charge is 2.27. The summed E-state index contributed by atoms with van der Waals surface area (Å²) in [6.07, 6.45) is 0. The van der Waals surface area contributed by atoms with E-state index in [1.807, 2.05) is 0 Å². The number of benzene rings is 1. The van der Waals surface area contributed by atoms with Crippen LogP contribution in [0.25, 0.3) is 11.0 Å². The Morgan fingerprint density at radius 2 is 2.00 bits per heavy atom. The van der Waals surface area contributed by atoms with Crippen molar-refractivity contribution in [1.29, 1.82) is 0 Å². The van der Waals surface area contributed by atoms with Gasteiger partial charge >= 0.3 is 0 Å². The second-order valence-corrected chi connectivity index (χ2v) is 6.35. The number of halogens is 3. The van der Waals surface area contributed by atoms with Gasteiger partial charge in [0, 0.05) is 5.41 Å². The van der Waals surface area contributed by atoms with Gasteiger partial charge in [-0.25, -0.2) is 4.39 Å². The Bertz CT molecular complexity index is 640. The van der Waals surface area contributed by atoms with Gasteiger partial charge in [0.15, 0.2) is 17.2 Å². The number of hydrogen-bond donors (Lipinski definition) is 0. The van der Waals surface area contributed by atoms with Crippen LogP contribution in [0.4, 0.5) is 4.39 Å². The van der Waals surface area contributed by atoms with E-state index in [2.05, 4.69) is 15.9 Å². The van der Waals surface area contributed by atoms with Crippen LogP contribution in [0.2, 0.25) is 5.02 Å². The largest absolute Gasteiger partial charge is 0.452 e. The third-order valence-corrected chi connectivity index (χ3v) is 3.42. The minimum absolute atomic E-state index is 0.00932. The minimum atomic E-state index is -0.583. The molecular formula is C13H11BrClFO2. The summed E-state index contributed by atoms with van der Waals surface area (Å²) in [5.41, 5.74) is -0.287. The predicted octanol–water partition coefficient (Wildman–Crippen LogP) is 5.22. The summed E-state index contributed by atoms with van der Waals surface area (Å²) >= 11 is 8.98. The first-order chi connectivity index (χ1) is 8.21. The molecule has 0 radical (unpaired) electrons. The van der Waals surface area contributed by atoms with Crippen molar-refractivity contribution in [3.63, 3.8) is 0 Å². The molecule has 0 aliphatic carbocycles. The van der Waals surface area contributed by atoms with Crippen LogP contribution in [-0.2, 0) is 0 Å². The van der Waals surface area contributed by atoms with E-state index in [0.717, 1.165) is 0 Å². The van der Waals surface area contributed by atoms with Crippen molar-refractivity contribution in [2.45, 2.75) is 20.8 Å². The molecule has 96 valence electrons. The molecule has 0 saturated carbocycles. The average Bonchev–Trinajstić information content (AvgIpc) is 2.69. The third kappa shape index (κ3) is 2.19. The first-order valence-corrected chi connectivity index (χ1v) is 6.50. The Hall–Kier alpha value is -0.870. The van der Waals surface area contributed by atoms with Crippen LogP contribution in [0.1, 0.15) is 31.3 Å². The number of fused-ring (bicyclic) bond motifs is 1. The maximum atomic E-state index is 13.8. The topological polar surface area (TPSA) is 30.2 Å². The van der Waals surface area contributed by atoms with Crippen LogP contribution in [0.5, 0.6) is 0 Å². The SMILES string of the molecule is CC(C)(C)C(=O)c1cc2c(F)c(Cl)cc(Br)c2o1. The lowest BCUT2D eigenvalue weighted by Gasteiger charge is -2.13. The van der Waals surface area contributed by atoms with Gasteiger partial charge in [-0.3, -0.25) is 4.79 Å². The smallest absolute Gasteiger partial charge is 0.203 e. The molecule has 1 heterocycles. The van der Waals surface area contributed by atoms with Crippen molar-refractivity contribution in [2.24, 2.45) is 5.41 Å². The fourth-order valence-corrected chi connectivity index (χ4v) is 2.45. The average molecular weight is 334 g/mol. The van der Waals surface area contributed by atoms with Crippen LogP contribution in [0.15, 0.2) is 21.0 Å². The van der Waals surface area contributed by atoms with E-state index in [4.69, 9.17) is 16.0 Å². The molecule has 1 aromatic carbocycles.